The second kappa shape index (κ2) is 10.6. The van der Waals surface area contributed by atoms with E-state index in [1.807, 2.05) is 49.3 Å². The highest BCUT2D eigenvalue weighted by Crippen LogP contribution is 2.00. The molecule has 0 aliphatic rings. The topological polar surface area (TPSA) is 40.5 Å². The molecule has 0 unspecified atom stereocenters. The Balaban J connectivity index is 0.000000356. The standard InChI is InChI=1S/C8H15NO2.C7H7Cl/c1-7(8(10)11)5-4-6-9(2)3;8-6-7-4-2-1-3-5-7/h5H,4,6H2,1-3H3,(H,10,11);1-5H,6H2. The van der Waals surface area contributed by atoms with Gasteiger partial charge in [0.2, 0.25) is 0 Å². The molecule has 1 aromatic carbocycles. The molecule has 0 spiro atoms. The van der Waals surface area contributed by atoms with Crippen molar-refractivity contribution in [2.45, 2.75) is 19.2 Å². The van der Waals surface area contributed by atoms with Crippen molar-refractivity contribution >= 4 is 17.6 Å². The van der Waals surface area contributed by atoms with Crippen molar-refractivity contribution < 1.29 is 9.90 Å². The normalized spacial score (nSPS) is 10.9. The lowest BCUT2D eigenvalue weighted by Crippen LogP contribution is -2.12. The molecule has 0 aromatic heterocycles. The average Bonchev–Trinajstić information content (AvgIpc) is 2.39. The molecule has 0 fully saturated rings. The molecule has 0 saturated carbocycles. The van der Waals surface area contributed by atoms with Gasteiger partial charge in [-0.05, 0) is 33.0 Å². The monoisotopic (exact) mass is 283 g/mol. The minimum atomic E-state index is -0.830. The molecular formula is C15H22ClNO2. The Kier molecular flexibility index (Phi) is 9.85. The van der Waals surface area contributed by atoms with Gasteiger partial charge in [-0.15, -0.1) is 11.6 Å². The van der Waals surface area contributed by atoms with Crippen LogP contribution in [0.15, 0.2) is 42.0 Å². The zero-order valence-corrected chi connectivity index (χ0v) is 12.5. The summed E-state index contributed by atoms with van der Waals surface area (Å²) < 4.78 is 0. The lowest BCUT2D eigenvalue weighted by molar-refractivity contribution is -0.132. The number of carboxylic acids is 1. The molecule has 0 saturated heterocycles. The molecular weight excluding hydrogens is 262 g/mol. The first-order valence-corrected chi connectivity index (χ1v) is 6.65. The van der Waals surface area contributed by atoms with Gasteiger partial charge in [0, 0.05) is 18.0 Å². The number of aliphatic carboxylic acids is 1. The Labute approximate surface area is 120 Å². The van der Waals surface area contributed by atoms with Gasteiger partial charge in [0.15, 0.2) is 0 Å². The maximum Gasteiger partial charge on any atom is 0.330 e. The summed E-state index contributed by atoms with van der Waals surface area (Å²) >= 11 is 5.53. The van der Waals surface area contributed by atoms with Crippen molar-refractivity contribution in [3.63, 3.8) is 0 Å². The minimum Gasteiger partial charge on any atom is -0.478 e. The quantitative estimate of drug-likeness (QED) is 0.665. The maximum atomic E-state index is 10.3. The second-order valence-electron chi connectivity index (χ2n) is 4.40. The van der Waals surface area contributed by atoms with Gasteiger partial charge in [-0.1, -0.05) is 36.4 Å². The van der Waals surface area contributed by atoms with Gasteiger partial charge in [0.05, 0.1) is 0 Å². The summed E-state index contributed by atoms with van der Waals surface area (Å²) in [4.78, 5) is 12.3. The molecule has 1 aromatic rings. The van der Waals surface area contributed by atoms with Crippen LogP contribution in [-0.4, -0.2) is 36.6 Å². The van der Waals surface area contributed by atoms with Gasteiger partial charge in [-0.3, -0.25) is 0 Å². The number of hydrogen-bond donors (Lipinski definition) is 1. The van der Waals surface area contributed by atoms with E-state index in [0.717, 1.165) is 13.0 Å². The molecule has 0 bridgehead atoms. The van der Waals surface area contributed by atoms with E-state index in [1.165, 1.54) is 5.56 Å². The number of hydrogen-bond acceptors (Lipinski definition) is 2. The molecule has 1 N–H and O–H groups in total. The van der Waals surface area contributed by atoms with Crippen LogP contribution in [0.25, 0.3) is 0 Å². The summed E-state index contributed by atoms with van der Waals surface area (Å²) in [7, 11) is 3.92. The molecule has 3 nitrogen and oxygen atoms in total. The number of carbonyl (C=O) groups is 1. The Bertz CT molecular complexity index is 388. The summed E-state index contributed by atoms with van der Waals surface area (Å²) in [5.74, 6) is -0.218. The van der Waals surface area contributed by atoms with Crippen molar-refractivity contribution in [2.75, 3.05) is 20.6 Å². The number of carboxylic acid groups (broad SMARTS) is 1. The zero-order chi connectivity index (χ0) is 14.7. The van der Waals surface area contributed by atoms with E-state index in [0.29, 0.717) is 11.5 Å². The summed E-state index contributed by atoms with van der Waals surface area (Å²) in [6.07, 6.45) is 2.54. The number of halogens is 1. The van der Waals surface area contributed by atoms with Gasteiger partial charge < -0.3 is 10.0 Å². The van der Waals surface area contributed by atoms with Gasteiger partial charge in [-0.2, -0.15) is 0 Å². The third-order valence-electron chi connectivity index (χ3n) is 2.36. The van der Waals surface area contributed by atoms with Gasteiger partial charge in [-0.25, -0.2) is 4.79 Å². The van der Waals surface area contributed by atoms with Crippen molar-refractivity contribution in [3.05, 3.63) is 47.5 Å². The third kappa shape index (κ3) is 10.3. The molecule has 1 rings (SSSR count). The summed E-state index contributed by atoms with van der Waals surface area (Å²) in [6, 6.07) is 9.96. The van der Waals surface area contributed by atoms with Crippen LogP contribution >= 0.6 is 11.6 Å². The molecule has 106 valence electrons. The van der Waals surface area contributed by atoms with E-state index in [1.54, 1.807) is 13.0 Å². The van der Waals surface area contributed by atoms with E-state index in [2.05, 4.69) is 0 Å². The summed E-state index contributed by atoms with van der Waals surface area (Å²) in [5, 5.41) is 8.47. The molecule has 4 heteroatoms. The molecule has 0 radical (unpaired) electrons. The van der Waals surface area contributed by atoms with E-state index < -0.39 is 5.97 Å². The smallest absolute Gasteiger partial charge is 0.330 e. The minimum absolute atomic E-state index is 0.423. The lowest BCUT2D eigenvalue weighted by atomic mass is 10.2. The van der Waals surface area contributed by atoms with Gasteiger partial charge in [0.1, 0.15) is 0 Å². The highest BCUT2D eigenvalue weighted by Gasteiger charge is 1.97. The Morgan fingerprint density at radius 3 is 2.26 bits per heavy atom. The Hall–Kier alpha value is -1.32. The van der Waals surface area contributed by atoms with E-state index in [4.69, 9.17) is 16.7 Å². The third-order valence-corrected chi connectivity index (χ3v) is 2.67. The van der Waals surface area contributed by atoms with Gasteiger partial charge in [0.25, 0.3) is 0 Å². The van der Waals surface area contributed by atoms with Crippen LogP contribution in [0, 0.1) is 0 Å². The highest BCUT2D eigenvalue weighted by molar-refractivity contribution is 6.17. The fraction of sp³-hybridized carbons (Fsp3) is 0.400. The van der Waals surface area contributed by atoms with Crippen molar-refractivity contribution in [1.82, 2.24) is 4.90 Å². The number of alkyl halides is 1. The number of rotatable bonds is 5. The summed E-state index contributed by atoms with van der Waals surface area (Å²) in [6.45, 7) is 2.50. The predicted molar refractivity (Wildman–Crippen MR) is 80.6 cm³/mol. The molecule has 0 atom stereocenters. The highest BCUT2D eigenvalue weighted by atomic mass is 35.5. The van der Waals surface area contributed by atoms with Crippen LogP contribution < -0.4 is 0 Å². The second-order valence-corrected chi connectivity index (χ2v) is 4.67. The lowest BCUT2D eigenvalue weighted by Gasteiger charge is -2.05. The maximum absolute atomic E-state index is 10.3. The van der Waals surface area contributed by atoms with Crippen LogP contribution in [0.5, 0.6) is 0 Å². The molecule has 0 aliphatic carbocycles. The van der Waals surface area contributed by atoms with Crippen LogP contribution in [-0.2, 0) is 10.7 Å². The van der Waals surface area contributed by atoms with Crippen LogP contribution in [0.1, 0.15) is 18.9 Å². The van der Waals surface area contributed by atoms with Crippen LogP contribution in [0.2, 0.25) is 0 Å². The van der Waals surface area contributed by atoms with Crippen LogP contribution in [0.3, 0.4) is 0 Å². The average molecular weight is 284 g/mol. The summed E-state index contributed by atoms with van der Waals surface area (Å²) in [5.41, 5.74) is 1.60. The number of benzene rings is 1. The first-order valence-electron chi connectivity index (χ1n) is 6.12. The van der Waals surface area contributed by atoms with E-state index in [-0.39, 0.29) is 0 Å². The molecule has 0 heterocycles. The van der Waals surface area contributed by atoms with Gasteiger partial charge >= 0.3 is 5.97 Å². The fourth-order valence-electron chi connectivity index (χ4n) is 1.19. The fourth-order valence-corrected chi connectivity index (χ4v) is 1.37. The molecule has 0 amide bonds. The van der Waals surface area contributed by atoms with Crippen molar-refractivity contribution in [2.24, 2.45) is 0 Å². The van der Waals surface area contributed by atoms with Crippen molar-refractivity contribution in [3.8, 4) is 0 Å². The van der Waals surface area contributed by atoms with E-state index >= 15 is 0 Å². The van der Waals surface area contributed by atoms with E-state index in [9.17, 15) is 4.79 Å². The molecule has 19 heavy (non-hydrogen) atoms. The predicted octanol–water partition coefficient (Wildman–Crippen LogP) is 3.39. The first-order chi connectivity index (χ1) is 8.97. The molecule has 0 aliphatic heterocycles. The first kappa shape index (κ1) is 17.7. The Morgan fingerprint density at radius 2 is 1.89 bits per heavy atom. The Morgan fingerprint density at radius 1 is 1.32 bits per heavy atom. The van der Waals surface area contributed by atoms with Crippen molar-refractivity contribution in [1.29, 1.82) is 0 Å². The zero-order valence-electron chi connectivity index (χ0n) is 11.8. The van der Waals surface area contributed by atoms with Crippen LogP contribution in [0.4, 0.5) is 0 Å². The number of nitrogens with zero attached hydrogens (tertiary/aromatic N) is 1. The SMILES string of the molecule is CC(=CCCN(C)C)C(=O)O.ClCc1ccccc1. The largest absolute Gasteiger partial charge is 0.478 e.